The molecule has 0 bridgehead atoms. The maximum absolute atomic E-state index is 12.3. The third kappa shape index (κ3) is 4.23. The maximum Gasteiger partial charge on any atom is 0.321 e. The molecule has 1 heterocycles. The highest BCUT2D eigenvalue weighted by atomic mass is 35.5. The first kappa shape index (κ1) is 18.7. The van der Waals surface area contributed by atoms with E-state index >= 15 is 0 Å². The molecule has 1 N–H and O–H groups in total. The van der Waals surface area contributed by atoms with E-state index in [9.17, 15) is 4.79 Å². The fourth-order valence-electron chi connectivity index (χ4n) is 3.15. The molecule has 1 aromatic rings. The number of piperazine rings is 1. The minimum absolute atomic E-state index is 0. The van der Waals surface area contributed by atoms with Crippen molar-refractivity contribution in [3.8, 4) is 0 Å². The van der Waals surface area contributed by atoms with E-state index in [1.54, 1.807) is 0 Å². The highest BCUT2D eigenvalue weighted by molar-refractivity contribution is 5.85. The van der Waals surface area contributed by atoms with Crippen molar-refractivity contribution >= 4 is 24.1 Å². The van der Waals surface area contributed by atoms with Gasteiger partial charge in [-0.2, -0.15) is 0 Å². The monoisotopic (exact) mass is 349 g/mol. The lowest BCUT2D eigenvalue weighted by atomic mass is 10.1. The second-order valence-corrected chi connectivity index (χ2v) is 6.81. The van der Waals surface area contributed by atoms with Crippen molar-refractivity contribution in [1.82, 2.24) is 10.2 Å². The molecule has 2 fully saturated rings. The van der Waals surface area contributed by atoms with E-state index in [0.29, 0.717) is 5.92 Å². The Morgan fingerprint density at radius 3 is 2.46 bits per heavy atom. The summed E-state index contributed by atoms with van der Waals surface area (Å²) in [6.45, 7) is 9.76. The molecule has 24 heavy (non-hydrogen) atoms. The summed E-state index contributed by atoms with van der Waals surface area (Å²) in [4.78, 5) is 16.6. The van der Waals surface area contributed by atoms with Gasteiger partial charge >= 0.3 is 6.03 Å². The van der Waals surface area contributed by atoms with Crippen LogP contribution in [-0.2, 0) is 0 Å². The van der Waals surface area contributed by atoms with Gasteiger partial charge in [-0.1, -0.05) is 17.7 Å². The smallest absolute Gasteiger partial charge is 0.321 e. The minimum Gasteiger partial charge on any atom is -0.368 e. The third-order valence-corrected chi connectivity index (χ3v) is 5.13. The summed E-state index contributed by atoms with van der Waals surface area (Å²) in [5.74, 6) is 0.705. The number of urea groups is 1. The van der Waals surface area contributed by atoms with E-state index < -0.39 is 0 Å². The SMILES string of the molecule is C/C(=C\NC(=O)N1CCN(c2cccc(C)c2C)CC1)C1CC1.Cl. The molecule has 1 saturated heterocycles. The zero-order chi connectivity index (χ0) is 16.4. The van der Waals surface area contributed by atoms with Crippen LogP contribution in [-0.4, -0.2) is 37.1 Å². The highest BCUT2D eigenvalue weighted by Gasteiger charge is 2.24. The normalized spacial score (nSPS) is 18.2. The fraction of sp³-hybridized carbons (Fsp3) is 0.526. The summed E-state index contributed by atoms with van der Waals surface area (Å²) in [7, 11) is 0. The molecule has 2 aliphatic rings. The Bertz CT molecular complexity index is 617. The van der Waals surface area contributed by atoms with Gasteiger partial charge < -0.3 is 15.1 Å². The molecular formula is C19H28ClN3O. The number of carbonyl (C=O) groups excluding carboxylic acids is 1. The van der Waals surface area contributed by atoms with Crippen molar-refractivity contribution in [2.24, 2.45) is 5.92 Å². The standard InChI is InChI=1S/C19H27N3O.ClH/c1-14-5-4-6-18(16(14)3)21-9-11-22(12-10-21)19(23)20-13-15(2)17-7-8-17;/h4-6,13,17H,7-12H2,1-3H3,(H,20,23);1H/b15-13+;. The minimum atomic E-state index is 0. The number of hydrogen-bond donors (Lipinski definition) is 1. The third-order valence-electron chi connectivity index (χ3n) is 5.13. The second-order valence-electron chi connectivity index (χ2n) is 6.81. The van der Waals surface area contributed by atoms with Crippen LogP contribution < -0.4 is 10.2 Å². The number of allylic oxidation sites excluding steroid dienone is 1. The van der Waals surface area contributed by atoms with E-state index in [-0.39, 0.29) is 18.4 Å². The van der Waals surface area contributed by atoms with Gasteiger partial charge in [0.2, 0.25) is 0 Å². The van der Waals surface area contributed by atoms with E-state index in [1.165, 1.54) is 35.2 Å². The van der Waals surface area contributed by atoms with Crippen molar-refractivity contribution in [3.05, 3.63) is 41.1 Å². The van der Waals surface area contributed by atoms with Crippen LogP contribution in [0.3, 0.4) is 0 Å². The van der Waals surface area contributed by atoms with E-state index in [1.807, 2.05) is 11.1 Å². The van der Waals surface area contributed by atoms with Gasteiger partial charge in [-0.15, -0.1) is 12.4 Å². The lowest BCUT2D eigenvalue weighted by Gasteiger charge is -2.36. The van der Waals surface area contributed by atoms with Gasteiger partial charge in [0.15, 0.2) is 0 Å². The van der Waals surface area contributed by atoms with E-state index in [0.717, 1.165) is 26.2 Å². The molecule has 4 nitrogen and oxygen atoms in total. The number of nitrogens with one attached hydrogen (secondary N) is 1. The molecule has 3 rings (SSSR count). The van der Waals surface area contributed by atoms with Gasteiger partial charge in [0.25, 0.3) is 0 Å². The predicted molar refractivity (Wildman–Crippen MR) is 102 cm³/mol. The van der Waals surface area contributed by atoms with Crippen LogP contribution in [0.25, 0.3) is 0 Å². The van der Waals surface area contributed by atoms with Crippen molar-refractivity contribution in [1.29, 1.82) is 0 Å². The number of nitrogens with zero attached hydrogens (tertiary/aromatic N) is 2. The van der Waals surface area contributed by atoms with Gasteiger partial charge in [-0.3, -0.25) is 0 Å². The zero-order valence-corrected chi connectivity index (χ0v) is 15.7. The molecule has 1 aliphatic heterocycles. The zero-order valence-electron chi connectivity index (χ0n) is 14.8. The van der Waals surface area contributed by atoms with Crippen LogP contribution in [0.5, 0.6) is 0 Å². The maximum atomic E-state index is 12.3. The number of aryl methyl sites for hydroxylation is 1. The summed E-state index contributed by atoms with van der Waals surface area (Å²) in [5.41, 5.74) is 5.26. The van der Waals surface area contributed by atoms with Crippen molar-refractivity contribution < 1.29 is 4.79 Å². The Labute approximate surface area is 151 Å². The summed E-state index contributed by atoms with van der Waals surface area (Å²) >= 11 is 0. The largest absolute Gasteiger partial charge is 0.368 e. The number of rotatable bonds is 3. The van der Waals surface area contributed by atoms with Gasteiger partial charge in [-0.05, 0) is 56.7 Å². The van der Waals surface area contributed by atoms with Crippen LogP contribution in [0, 0.1) is 19.8 Å². The van der Waals surface area contributed by atoms with Crippen molar-refractivity contribution in [3.63, 3.8) is 0 Å². The summed E-state index contributed by atoms with van der Waals surface area (Å²) in [6.07, 6.45) is 4.44. The Balaban J connectivity index is 0.00000208. The van der Waals surface area contributed by atoms with Crippen LogP contribution >= 0.6 is 12.4 Å². The summed E-state index contributed by atoms with van der Waals surface area (Å²) in [6, 6.07) is 6.48. The lowest BCUT2D eigenvalue weighted by Crippen LogP contribution is -2.51. The number of anilines is 1. The van der Waals surface area contributed by atoms with Crippen LogP contribution in [0.1, 0.15) is 30.9 Å². The van der Waals surface area contributed by atoms with Crippen LogP contribution in [0.15, 0.2) is 30.0 Å². The molecule has 0 spiro atoms. The summed E-state index contributed by atoms with van der Waals surface area (Å²) < 4.78 is 0. The predicted octanol–water partition coefficient (Wildman–Crippen LogP) is 3.87. The van der Waals surface area contributed by atoms with Crippen molar-refractivity contribution in [2.75, 3.05) is 31.1 Å². The molecule has 0 unspecified atom stereocenters. The molecule has 132 valence electrons. The fourth-order valence-corrected chi connectivity index (χ4v) is 3.15. The first-order valence-corrected chi connectivity index (χ1v) is 8.59. The average molecular weight is 350 g/mol. The molecular weight excluding hydrogens is 322 g/mol. The highest BCUT2D eigenvalue weighted by Crippen LogP contribution is 2.35. The van der Waals surface area contributed by atoms with Crippen LogP contribution in [0.4, 0.5) is 10.5 Å². The lowest BCUT2D eigenvalue weighted by molar-refractivity contribution is 0.198. The Hall–Kier alpha value is -1.68. The van der Waals surface area contributed by atoms with Gasteiger partial charge in [0.1, 0.15) is 0 Å². The Morgan fingerprint density at radius 2 is 1.83 bits per heavy atom. The number of amides is 2. The number of halogens is 1. The number of hydrogen-bond acceptors (Lipinski definition) is 2. The molecule has 1 aromatic carbocycles. The second kappa shape index (κ2) is 7.93. The van der Waals surface area contributed by atoms with Gasteiger partial charge in [-0.25, -0.2) is 4.79 Å². The Morgan fingerprint density at radius 1 is 1.17 bits per heavy atom. The van der Waals surface area contributed by atoms with Gasteiger partial charge in [0.05, 0.1) is 0 Å². The molecule has 1 aliphatic carbocycles. The first-order valence-electron chi connectivity index (χ1n) is 8.59. The molecule has 0 atom stereocenters. The molecule has 2 amide bonds. The van der Waals surface area contributed by atoms with E-state index in [2.05, 4.69) is 49.2 Å². The Kier molecular flexibility index (Phi) is 6.16. The quantitative estimate of drug-likeness (QED) is 0.899. The van der Waals surface area contributed by atoms with Crippen molar-refractivity contribution in [2.45, 2.75) is 33.6 Å². The van der Waals surface area contributed by atoms with E-state index in [4.69, 9.17) is 0 Å². The average Bonchev–Trinajstić information content (AvgIpc) is 3.40. The number of carbonyl (C=O) groups is 1. The molecule has 0 radical (unpaired) electrons. The molecule has 1 saturated carbocycles. The van der Waals surface area contributed by atoms with Crippen LogP contribution in [0.2, 0.25) is 0 Å². The van der Waals surface area contributed by atoms with Gasteiger partial charge in [0, 0.05) is 38.1 Å². The first-order chi connectivity index (χ1) is 11.1. The topological polar surface area (TPSA) is 35.6 Å². The number of benzene rings is 1. The molecule has 5 heteroatoms. The molecule has 0 aromatic heterocycles. The summed E-state index contributed by atoms with van der Waals surface area (Å²) in [5, 5.41) is 2.96.